The molecule has 0 saturated carbocycles. The molecule has 3 atom stereocenters. The van der Waals surface area contributed by atoms with Crippen LogP contribution in [0.15, 0.2) is 28.7 Å². The third kappa shape index (κ3) is 2.69. The van der Waals surface area contributed by atoms with E-state index in [1.54, 1.807) is 0 Å². The van der Waals surface area contributed by atoms with Gasteiger partial charge in [0.25, 0.3) is 5.79 Å². The number of thiophene rings is 1. The molecule has 0 radical (unpaired) electrons. The SMILES string of the molecule is COC1N(C=O)C(Cl)COC1(OC)c1cc2cccc(Br)c2s1. The second-order valence-electron chi connectivity index (χ2n) is 5.03. The van der Waals surface area contributed by atoms with Crippen molar-refractivity contribution in [2.75, 3.05) is 20.8 Å². The zero-order chi connectivity index (χ0) is 16.6. The average molecular weight is 421 g/mol. The minimum Gasteiger partial charge on any atom is -0.356 e. The van der Waals surface area contributed by atoms with E-state index in [1.165, 1.54) is 30.5 Å². The van der Waals surface area contributed by atoms with Gasteiger partial charge < -0.3 is 14.2 Å². The highest BCUT2D eigenvalue weighted by molar-refractivity contribution is 9.10. The van der Waals surface area contributed by atoms with E-state index >= 15 is 0 Å². The van der Waals surface area contributed by atoms with Crippen LogP contribution in [-0.4, -0.2) is 43.9 Å². The summed E-state index contributed by atoms with van der Waals surface area (Å²) in [6, 6.07) is 7.93. The Balaban J connectivity index is 2.14. The predicted molar refractivity (Wildman–Crippen MR) is 92.5 cm³/mol. The Morgan fingerprint density at radius 1 is 1.52 bits per heavy atom. The molecule has 124 valence electrons. The maximum atomic E-state index is 11.4. The second-order valence-corrected chi connectivity index (χ2v) is 7.44. The molecule has 1 aromatic carbocycles. The van der Waals surface area contributed by atoms with Gasteiger partial charge in [-0.15, -0.1) is 11.3 Å². The highest BCUT2D eigenvalue weighted by Crippen LogP contribution is 2.44. The number of morpholine rings is 1. The molecule has 2 aromatic rings. The number of carbonyl (C=O) groups is 1. The Bertz CT molecular complexity index is 727. The van der Waals surface area contributed by atoms with Crippen molar-refractivity contribution < 1.29 is 19.0 Å². The van der Waals surface area contributed by atoms with Crippen LogP contribution in [0, 0.1) is 0 Å². The molecule has 1 fully saturated rings. The van der Waals surface area contributed by atoms with E-state index in [2.05, 4.69) is 15.9 Å². The fourth-order valence-corrected chi connectivity index (χ4v) is 4.78. The highest BCUT2D eigenvalue weighted by Gasteiger charge is 2.52. The summed E-state index contributed by atoms with van der Waals surface area (Å²) < 4.78 is 19.2. The number of hydrogen-bond acceptors (Lipinski definition) is 5. The number of fused-ring (bicyclic) bond motifs is 1. The lowest BCUT2D eigenvalue weighted by Crippen LogP contribution is -2.61. The molecular weight excluding hydrogens is 406 g/mol. The van der Waals surface area contributed by atoms with Crippen molar-refractivity contribution in [3.05, 3.63) is 33.6 Å². The van der Waals surface area contributed by atoms with Crippen LogP contribution in [0.2, 0.25) is 0 Å². The summed E-state index contributed by atoms with van der Waals surface area (Å²) in [5.74, 6) is -1.22. The fraction of sp³-hybridized carbons (Fsp3) is 0.400. The first-order valence-electron chi connectivity index (χ1n) is 6.84. The van der Waals surface area contributed by atoms with Gasteiger partial charge in [-0.25, -0.2) is 0 Å². The van der Waals surface area contributed by atoms with Crippen LogP contribution in [-0.2, 0) is 24.8 Å². The standard InChI is InChI=1S/C15H15BrClNO4S/c1-20-14-15(21-2,22-7-12(17)18(14)8-19)11-6-9-4-3-5-10(16)13(9)23-11/h3-6,8,12,14H,7H2,1-2H3. The minimum atomic E-state index is -1.22. The van der Waals surface area contributed by atoms with Crippen molar-refractivity contribution >= 4 is 55.4 Å². The molecule has 23 heavy (non-hydrogen) atoms. The molecule has 3 unspecified atom stereocenters. The van der Waals surface area contributed by atoms with Crippen molar-refractivity contribution in [1.29, 1.82) is 0 Å². The van der Waals surface area contributed by atoms with Gasteiger partial charge in [0.15, 0.2) is 6.23 Å². The van der Waals surface area contributed by atoms with E-state index in [0.29, 0.717) is 6.41 Å². The number of rotatable bonds is 4. The van der Waals surface area contributed by atoms with E-state index < -0.39 is 17.5 Å². The normalized spacial score (nSPS) is 28.3. The second kappa shape index (κ2) is 6.66. The van der Waals surface area contributed by atoms with Crippen LogP contribution in [0.25, 0.3) is 10.1 Å². The summed E-state index contributed by atoms with van der Waals surface area (Å²) in [5.41, 5.74) is -0.609. The Morgan fingerprint density at radius 2 is 2.30 bits per heavy atom. The number of halogens is 2. The summed E-state index contributed by atoms with van der Waals surface area (Å²) in [4.78, 5) is 13.6. The lowest BCUT2D eigenvalue weighted by atomic mass is 10.1. The van der Waals surface area contributed by atoms with E-state index in [9.17, 15) is 4.79 Å². The number of hydrogen-bond donors (Lipinski definition) is 0. The summed E-state index contributed by atoms with van der Waals surface area (Å²) in [5, 5.41) is 1.06. The van der Waals surface area contributed by atoms with Crippen LogP contribution < -0.4 is 0 Å². The number of carbonyl (C=O) groups excluding carboxylic acids is 1. The number of benzene rings is 1. The van der Waals surface area contributed by atoms with E-state index in [0.717, 1.165) is 19.4 Å². The van der Waals surface area contributed by atoms with Gasteiger partial charge in [0.1, 0.15) is 5.50 Å². The molecule has 5 nitrogen and oxygen atoms in total. The van der Waals surface area contributed by atoms with Gasteiger partial charge in [-0.05, 0) is 33.4 Å². The van der Waals surface area contributed by atoms with Crippen LogP contribution in [0.1, 0.15) is 4.88 Å². The topological polar surface area (TPSA) is 48.0 Å². The third-order valence-electron chi connectivity index (χ3n) is 3.84. The maximum Gasteiger partial charge on any atom is 0.251 e. The molecule has 0 aliphatic carbocycles. The van der Waals surface area contributed by atoms with E-state index in [1.807, 2.05) is 24.3 Å². The van der Waals surface area contributed by atoms with Gasteiger partial charge in [0, 0.05) is 23.4 Å². The molecule has 0 bridgehead atoms. The molecule has 8 heteroatoms. The van der Waals surface area contributed by atoms with Crippen molar-refractivity contribution in [3.63, 3.8) is 0 Å². The number of alkyl halides is 1. The van der Waals surface area contributed by atoms with Crippen LogP contribution in [0.4, 0.5) is 0 Å². The van der Waals surface area contributed by atoms with Crippen LogP contribution >= 0.6 is 38.9 Å². The van der Waals surface area contributed by atoms with Gasteiger partial charge in [0.05, 0.1) is 11.5 Å². The quantitative estimate of drug-likeness (QED) is 0.432. The summed E-state index contributed by atoms with van der Waals surface area (Å²) in [6.07, 6.45) is -0.126. The van der Waals surface area contributed by atoms with Gasteiger partial charge in [-0.2, -0.15) is 0 Å². The molecule has 2 heterocycles. The molecular formula is C15H15BrClNO4S. The largest absolute Gasteiger partial charge is 0.356 e. The average Bonchev–Trinajstić information content (AvgIpc) is 3.00. The molecule has 1 aromatic heterocycles. The predicted octanol–water partition coefficient (Wildman–Crippen LogP) is 3.49. The van der Waals surface area contributed by atoms with E-state index in [-0.39, 0.29) is 6.61 Å². The van der Waals surface area contributed by atoms with Gasteiger partial charge in [0.2, 0.25) is 6.41 Å². The van der Waals surface area contributed by atoms with Gasteiger partial charge >= 0.3 is 0 Å². The minimum absolute atomic E-state index is 0.142. The Morgan fingerprint density at radius 3 is 2.91 bits per heavy atom. The smallest absolute Gasteiger partial charge is 0.251 e. The zero-order valence-corrected chi connectivity index (χ0v) is 15.7. The lowest BCUT2D eigenvalue weighted by Gasteiger charge is -2.47. The molecule has 0 N–H and O–H groups in total. The van der Waals surface area contributed by atoms with Gasteiger partial charge in [-0.3, -0.25) is 9.69 Å². The number of ether oxygens (including phenoxy) is 3. The Kier molecular flexibility index (Phi) is 4.96. The molecule has 1 aliphatic rings. The molecule has 1 saturated heterocycles. The van der Waals surface area contributed by atoms with Crippen molar-refractivity contribution in [2.24, 2.45) is 0 Å². The van der Waals surface area contributed by atoms with Crippen molar-refractivity contribution in [1.82, 2.24) is 4.90 Å². The third-order valence-corrected chi connectivity index (χ3v) is 6.40. The first kappa shape index (κ1) is 17.1. The Hall–Kier alpha value is -0.700. The number of methoxy groups -OCH3 is 2. The summed E-state index contributed by atoms with van der Waals surface area (Å²) >= 11 is 11.2. The molecule has 0 spiro atoms. The maximum absolute atomic E-state index is 11.4. The van der Waals surface area contributed by atoms with E-state index in [4.69, 9.17) is 25.8 Å². The fourth-order valence-electron chi connectivity index (χ4n) is 2.74. The molecule has 3 rings (SSSR count). The zero-order valence-electron chi connectivity index (χ0n) is 12.5. The van der Waals surface area contributed by atoms with Crippen LogP contribution in [0.5, 0.6) is 0 Å². The summed E-state index contributed by atoms with van der Waals surface area (Å²) in [6.45, 7) is 0.142. The lowest BCUT2D eigenvalue weighted by molar-refractivity contribution is -0.338. The number of amides is 1. The number of nitrogens with zero attached hydrogens (tertiary/aromatic N) is 1. The first-order valence-corrected chi connectivity index (χ1v) is 8.89. The molecule has 1 aliphatic heterocycles. The van der Waals surface area contributed by atoms with Gasteiger partial charge in [-0.1, -0.05) is 23.7 Å². The Labute approximate surface area is 151 Å². The first-order chi connectivity index (χ1) is 11.1. The van der Waals surface area contributed by atoms with Crippen molar-refractivity contribution in [3.8, 4) is 0 Å². The summed E-state index contributed by atoms with van der Waals surface area (Å²) in [7, 11) is 3.03. The highest BCUT2D eigenvalue weighted by atomic mass is 79.9. The molecule has 1 amide bonds. The van der Waals surface area contributed by atoms with Crippen LogP contribution in [0.3, 0.4) is 0 Å². The van der Waals surface area contributed by atoms with Crippen molar-refractivity contribution in [2.45, 2.75) is 17.5 Å². The monoisotopic (exact) mass is 419 g/mol.